The topological polar surface area (TPSA) is 78.1 Å². The molecule has 0 aliphatic heterocycles. The molecule has 2 fully saturated rings. The third kappa shape index (κ3) is 4.03. The van der Waals surface area contributed by atoms with Gasteiger partial charge in [0.1, 0.15) is 11.5 Å². The highest BCUT2D eigenvalue weighted by Gasteiger charge is 2.56. The standard InChI is InChI=1S/C19H29N3O3.HI/c1-4-25-17-12-16(19(17)9-5-6-10-19)22-18(20)21-14-11-13(23-2)7-8-15(14)24-3;/h7-8,11,16-17H,4-6,9-10,12H2,1-3H3,(H3,20,21,22);1H. The Hall–Kier alpha value is -1.22. The summed E-state index contributed by atoms with van der Waals surface area (Å²) >= 11 is 0. The van der Waals surface area contributed by atoms with Gasteiger partial charge >= 0.3 is 0 Å². The molecule has 6 nitrogen and oxygen atoms in total. The number of anilines is 1. The SMILES string of the molecule is CCOC1CC(N=C(N)Nc2cc(OC)ccc2OC)C12CCCC2.I. The molecule has 2 atom stereocenters. The number of hydrogen-bond acceptors (Lipinski definition) is 4. The number of nitrogens with zero attached hydrogens (tertiary/aromatic N) is 1. The average Bonchev–Trinajstić information content (AvgIpc) is 3.14. The van der Waals surface area contributed by atoms with Crippen LogP contribution < -0.4 is 20.5 Å². The van der Waals surface area contributed by atoms with Crippen LogP contribution >= 0.6 is 24.0 Å². The molecule has 2 saturated carbocycles. The van der Waals surface area contributed by atoms with Crippen molar-refractivity contribution in [3.63, 3.8) is 0 Å². The van der Waals surface area contributed by atoms with Crippen molar-refractivity contribution < 1.29 is 14.2 Å². The monoisotopic (exact) mass is 475 g/mol. The van der Waals surface area contributed by atoms with Crippen molar-refractivity contribution in [3.8, 4) is 11.5 Å². The van der Waals surface area contributed by atoms with Gasteiger partial charge in [0.05, 0.1) is 32.1 Å². The molecule has 26 heavy (non-hydrogen) atoms. The summed E-state index contributed by atoms with van der Waals surface area (Å²) in [5.41, 5.74) is 7.14. The number of nitrogens with two attached hydrogens (primary N) is 1. The van der Waals surface area contributed by atoms with Gasteiger partial charge in [-0.25, -0.2) is 4.99 Å². The number of ether oxygens (including phenoxy) is 3. The molecule has 0 saturated heterocycles. The molecule has 7 heteroatoms. The zero-order valence-corrected chi connectivity index (χ0v) is 18.1. The van der Waals surface area contributed by atoms with Crippen molar-refractivity contribution in [2.24, 2.45) is 16.1 Å². The van der Waals surface area contributed by atoms with Crippen LogP contribution in [0.4, 0.5) is 5.69 Å². The zero-order chi connectivity index (χ0) is 17.9. The van der Waals surface area contributed by atoms with E-state index in [0.717, 1.165) is 24.5 Å². The zero-order valence-electron chi connectivity index (χ0n) is 15.8. The number of guanidine groups is 1. The second kappa shape index (κ2) is 9.12. The predicted molar refractivity (Wildman–Crippen MR) is 115 cm³/mol. The maximum absolute atomic E-state index is 6.20. The van der Waals surface area contributed by atoms with E-state index in [1.165, 1.54) is 25.7 Å². The Morgan fingerprint density at radius 3 is 2.62 bits per heavy atom. The molecular formula is C19H30IN3O3. The van der Waals surface area contributed by atoms with Crippen molar-refractivity contribution in [2.45, 2.75) is 51.2 Å². The number of nitrogens with one attached hydrogen (secondary N) is 1. The van der Waals surface area contributed by atoms with Gasteiger partial charge in [-0.2, -0.15) is 0 Å². The first-order chi connectivity index (χ1) is 12.1. The normalized spacial score (nSPS) is 23.9. The van der Waals surface area contributed by atoms with Gasteiger partial charge in [-0.3, -0.25) is 0 Å². The van der Waals surface area contributed by atoms with Gasteiger partial charge in [0.2, 0.25) is 0 Å². The van der Waals surface area contributed by atoms with Gasteiger partial charge in [-0.15, -0.1) is 24.0 Å². The van der Waals surface area contributed by atoms with Crippen molar-refractivity contribution in [3.05, 3.63) is 18.2 Å². The molecule has 0 aromatic heterocycles. The molecule has 3 rings (SSSR count). The van der Waals surface area contributed by atoms with Crippen molar-refractivity contribution >= 4 is 35.6 Å². The highest BCUT2D eigenvalue weighted by Crippen LogP contribution is 2.56. The largest absolute Gasteiger partial charge is 0.497 e. The van der Waals surface area contributed by atoms with Crippen LogP contribution in [0.1, 0.15) is 39.0 Å². The highest BCUT2D eigenvalue weighted by molar-refractivity contribution is 14.0. The first-order valence-electron chi connectivity index (χ1n) is 9.07. The van der Waals surface area contributed by atoms with Crippen LogP contribution in [0.5, 0.6) is 11.5 Å². The Kier molecular flexibility index (Phi) is 7.40. The summed E-state index contributed by atoms with van der Waals surface area (Å²) in [7, 11) is 3.27. The van der Waals surface area contributed by atoms with Crippen LogP contribution in [-0.2, 0) is 4.74 Å². The average molecular weight is 475 g/mol. The number of benzene rings is 1. The minimum absolute atomic E-state index is 0. The van der Waals surface area contributed by atoms with E-state index >= 15 is 0 Å². The number of hydrogen-bond donors (Lipinski definition) is 2. The maximum Gasteiger partial charge on any atom is 0.193 e. The third-order valence-corrected chi connectivity index (χ3v) is 5.61. The molecule has 146 valence electrons. The summed E-state index contributed by atoms with van der Waals surface area (Å²) in [5.74, 6) is 1.86. The summed E-state index contributed by atoms with van der Waals surface area (Å²) in [6.07, 6.45) is 6.15. The first-order valence-corrected chi connectivity index (χ1v) is 9.07. The van der Waals surface area contributed by atoms with E-state index in [-0.39, 0.29) is 35.4 Å². The van der Waals surface area contributed by atoms with E-state index < -0.39 is 0 Å². The number of rotatable bonds is 6. The molecule has 0 heterocycles. The Labute approximate surface area is 172 Å². The second-order valence-corrected chi connectivity index (χ2v) is 6.84. The molecule has 0 bridgehead atoms. The lowest BCUT2D eigenvalue weighted by molar-refractivity contribution is -0.119. The minimum Gasteiger partial charge on any atom is -0.497 e. The summed E-state index contributed by atoms with van der Waals surface area (Å²) in [6.45, 7) is 2.82. The van der Waals surface area contributed by atoms with E-state index in [9.17, 15) is 0 Å². The van der Waals surface area contributed by atoms with Gasteiger partial charge < -0.3 is 25.3 Å². The van der Waals surface area contributed by atoms with Crippen LogP contribution in [0.2, 0.25) is 0 Å². The quantitative estimate of drug-likeness (QED) is 0.372. The summed E-state index contributed by atoms with van der Waals surface area (Å²) in [6, 6.07) is 5.79. The summed E-state index contributed by atoms with van der Waals surface area (Å²) in [5, 5.41) is 3.17. The van der Waals surface area contributed by atoms with E-state index in [1.54, 1.807) is 14.2 Å². The van der Waals surface area contributed by atoms with Crippen LogP contribution in [0.25, 0.3) is 0 Å². The Bertz CT molecular complexity index is 632. The first kappa shape index (κ1) is 21.1. The molecule has 3 N–H and O–H groups in total. The Balaban J connectivity index is 0.00000243. The molecule has 2 aliphatic rings. The Morgan fingerprint density at radius 1 is 1.27 bits per heavy atom. The fourth-order valence-corrected chi connectivity index (χ4v) is 4.28. The lowest BCUT2D eigenvalue weighted by atomic mass is 9.61. The molecule has 1 aromatic rings. The molecule has 0 radical (unpaired) electrons. The highest BCUT2D eigenvalue weighted by atomic mass is 127. The van der Waals surface area contributed by atoms with Crippen molar-refractivity contribution in [1.82, 2.24) is 0 Å². The van der Waals surface area contributed by atoms with E-state index in [1.807, 2.05) is 18.2 Å². The molecule has 2 aliphatic carbocycles. The van der Waals surface area contributed by atoms with Crippen LogP contribution in [0.15, 0.2) is 23.2 Å². The van der Waals surface area contributed by atoms with Crippen molar-refractivity contribution in [2.75, 3.05) is 26.1 Å². The van der Waals surface area contributed by atoms with Gasteiger partial charge in [0.25, 0.3) is 0 Å². The van der Waals surface area contributed by atoms with E-state index in [2.05, 4.69) is 12.2 Å². The molecule has 0 amide bonds. The lowest BCUT2D eigenvalue weighted by Crippen LogP contribution is -2.56. The fourth-order valence-electron chi connectivity index (χ4n) is 4.28. The third-order valence-electron chi connectivity index (χ3n) is 5.61. The maximum atomic E-state index is 6.20. The fraction of sp³-hybridized carbons (Fsp3) is 0.632. The number of halogens is 1. The minimum atomic E-state index is 0. The van der Waals surface area contributed by atoms with Gasteiger partial charge in [0.15, 0.2) is 5.96 Å². The summed E-state index contributed by atoms with van der Waals surface area (Å²) in [4.78, 5) is 4.78. The smallest absolute Gasteiger partial charge is 0.193 e. The number of methoxy groups -OCH3 is 2. The molecular weight excluding hydrogens is 445 g/mol. The van der Waals surface area contributed by atoms with Gasteiger partial charge in [0, 0.05) is 18.1 Å². The number of aliphatic imine (C=N–C) groups is 1. The van der Waals surface area contributed by atoms with E-state index in [0.29, 0.717) is 17.8 Å². The molecule has 2 unspecified atom stereocenters. The van der Waals surface area contributed by atoms with Gasteiger partial charge in [-0.05, 0) is 38.3 Å². The van der Waals surface area contributed by atoms with E-state index in [4.69, 9.17) is 24.9 Å². The van der Waals surface area contributed by atoms with Crippen LogP contribution in [-0.4, -0.2) is 38.9 Å². The predicted octanol–water partition coefficient (Wildman–Crippen LogP) is 3.79. The summed E-state index contributed by atoms with van der Waals surface area (Å²) < 4.78 is 16.6. The van der Waals surface area contributed by atoms with Crippen molar-refractivity contribution in [1.29, 1.82) is 0 Å². The van der Waals surface area contributed by atoms with Crippen LogP contribution in [0.3, 0.4) is 0 Å². The van der Waals surface area contributed by atoms with Gasteiger partial charge in [-0.1, -0.05) is 12.8 Å². The lowest BCUT2D eigenvalue weighted by Gasteiger charge is -2.52. The Morgan fingerprint density at radius 2 is 2.00 bits per heavy atom. The molecule has 1 spiro atoms. The second-order valence-electron chi connectivity index (χ2n) is 6.84. The van der Waals surface area contributed by atoms with Crippen LogP contribution in [0, 0.1) is 5.41 Å². The molecule has 1 aromatic carbocycles.